The second-order valence-corrected chi connectivity index (χ2v) is 2.74. The van der Waals surface area contributed by atoms with Crippen LogP contribution in [0.15, 0.2) is 24.2 Å². The van der Waals surface area contributed by atoms with Crippen molar-refractivity contribution in [3.63, 3.8) is 0 Å². The summed E-state index contributed by atoms with van der Waals surface area (Å²) in [6, 6.07) is 0. The molecule has 1 fully saturated rings. The molecule has 0 aromatic carbocycles. The summed E-state index contributed by atoms with van der Waals surface area (Å²) in [7, 11) is 0. The molecule has 1 aliphatic heterocycles. The van der Waals surface area contributed by atoms with Crippen LogP contribution in [0.5, 0.6) is 0 Å². The van der Waals surface area contributed by atoms with Crippen molar-refractivity contribution in [1.29, 1.82) is 0 Å². The van der Waals surface area contributed by atoms with E-state index in [1.807, 2.05) is 24.0 Å². The van der Waals surface area contributed by atoms with Gasteiger partial charge in [0.05, 0.1) is 4.92 Å². The second kappa shape index (κ2) is 4.49. The van der Waals surface area contributed by atoms with Gasteiger partial charge in [-0.3, -0.25) is 10.1 Å². The van der Waals surface area contributed by atoms with Crippen molar-refractivity contribution in [3.8, 4) is 0 Å². The van der Waals surface area contributed by atoms with E-state index in [-0.39, 0.29) is 0 Å². The van der Waals surface area contributed by atoms with Gasteiger partial charge in [0.25, 0.3) is 6.20 Å². The molecule has 1 rings (SSSR count). The van der Waals surface area contributed by atoms with Gasteiger partial charge in [-0.1, -0.05) is 12.2 Å². The molecule has 0 saturated carbocycles. The summed E-state index contributed by atoms with van der Waals surface area (Å²) < 4.78 is 0. The standard InChI is InChI=1S/C8H13N3O2/c1-2-3-5-10-6-4-9-8(10)7-11(12)13/h2-3,7,9H,4-6H2,1H3. The Morgan fingerprint density at radius 2 is 2.54 bits per heavy atom. The first kappa shape index (κ1) is 9.57. The van der Waals surface area contributed by atoms with Crippen LogP contribution in [0.25, 0.3) is 0 Å². The van der Waals surface area contributed by atoms with Crippen LogP contribution in [0, 0.1) is 10.1 Å². The summed E-state index contributed by atoms with van der Waals surface area (Å²) >= 11 is 0. The van der Waals surface area contributed by atoms with Crippen LogP contribution >= 0.6 is 0 Å². The quantitative estimate of drug-likeness (QED) is 0.394. The summed E-state index contributed by atoms with van der Waals surface area (Å²) in [5.41, 5.74) is 0. The third kappa shape index (κ3) is 2.77. The van der Waals surface area contributed by atoms with Gasteiger partial charge in [0.2, 0.25) is 0 Å². The molecule has 0 aliphatic carbocycles. The van der Waals surface area contributed by atoms with Gasteiger partial charge < -0.3 is 10.2 Å². The summed E-state index contributed by atoms with van der Waals surface area (Å²) in [5, 5.41) is 13.2. The van der Waals surface area contributed by atoms with Crippen molar-refractivity contribution in [2.75, 3.05) is 19.6 Å². The van der Waals surface area contributed by atoms with Gasteiger partial charge in [0.1, 0.15) is 0 Å². The zero-order valence-corrected chi connectivity index (χ0v) is 7.56. The average molecular weight is 183 g/mol. The van der Waals surface area contributed by atoms with E-state index in [1.54, 1.807) is 0 Å². The highest BCUT2D eigenvalue weighted by atomic mass is 16.6. The van der Waals surface area contributed by atoms with Gasteiger partial charge in [-0.05, 0) is 6.92 Å². The van der Waals surface area contributed by atoms with E-state index in [0.29, 0.717) is 5.82 Å². The number of allylic oxidation sites excluding steroid dienone is 1. The van der Waals surface area contributed by atoms with E-state index < -0.39 is 4.92 Å². The highest BCUT2D eigenvalue weighted by Gasteiger charge is 2.17. The van der Waals surface area contributed by atoms with Crippen molar-refractivity contribution in [2.45, 2.75) is 6.92 Å². The molecule has 1 aliphatic rings. The van der Waals surface area contributed by atoms with Gasteiger partial charge in [-0.2, -0.15) is 0 Å². The van der Waals surface area contributed by atoms with E-state index in [4.69, 9.17) is 0 Å². The largest absolute Gasteiger partial charge is 0.365 e. The van der Waals surface area contributed by atoms with Gasteiger partial charge >= 0.3 is 0 Å². The second-order valence-electron chi connectivity index (χ2n) is 2.74. The number of nitrogens with zero attached hydrogens (tertiary/aromatic N) is 2. The van der Waals surface area contributed by atoms with Gasteiger partial charge in [0, 0.05) is 19.6 Å². The molecule has 5 heteroatoms. The maximum absolute atomic E-state index is 10.2. The van der Waals surface area contributed by atoms with Crippen LogP contribution in [0.4, 0.5) is 0 Å². The van der Waals surface area contributed by atoms with Crippen LogP contribution in [0.1, 0.15) is 6.92 Å². The fraction of sp³-hybridized carbons (Fsp3) is 0.500. The number of nitro groups is 1. The minimum atomic E-state index is -0.434. The van der Waals surface area contributed by atoms with Crippen molar-refractivity contribution in [3.05, 3.63) is 34.3 Å². The molecule has 13 heavy (non-hydrogen) atoms. The summed E-state index contributed by atoms with van der Waals surface area (Å²) in [6.45, 7) is 4.25. The van der Waals surface area contributed by atoms with Crippen molar-refractivity contribution in [2.24, 2.45) is 0 Å². The number of nitrogens with one attached hydrogen (secondary N) is 1. The first-order valence-electron chi connectivity index (χ1n) is 4.19. The molecule has 0 radical (unpaired) electrons. The Morgan fingerprint density at radius 1 is 1.77 bits per heavy atom. The molecule has 0 spiro atoms. The van der Waals surface area contributed by atoms with E-state index in [1.165, 1.54) is 0 Å². The minimum Gasteiger partial charge on any atom is -0.365 e. The molecule has 0 unspecified atom stereocenters. The molecule has 1 N–H and O–H groups in total. The van der Waals surface area contributed by atoms with E-state index in [9.17, 15) is 10.1 Å². The Balaban J connectivity index is 2.58. The SMILES string of the molecule is CC=CCN1CCNC1=C[N+](=O)[O-]. The first-order chi connectivity index (χ1) is 6.24. The van der Waals surface area contributed by atoms with Crippen molar-refractivity contribution >= 4 is 0 Å². The maximum atomic E-state index is 10.2. The number of rotatable bonds is 3. The van der Waals surface area contributed by atoms with E-state index in [0.717, 1.165) is 25.8 Å². The van der Waals surface area contributed by atoms with Crippen LogP contribution in [0.2, 0.25) is 0 Å². The molecule has 1 saturated heterocycles. The third-order valence-corrected chi connectivity index (χ3v) is 1.82. The van der Waals surface area contributed by atoms with E-state index in [2.05, 4.69) is 5.32 Å². The average Bonchev–Trinajstić information content (AvgIpc) is 2.48. The lowest BCUT2D eigenvalue weighted by molar-refractivity contribution is -0.404. The van der Waals surface area contributed by atoms with Crippen molar-refractivity contribution in [1.82, 2.24) is 10.2 Å². The third-order valence-electron chi connectivity index (χ3n) is 1.82. The first-order valence-corrected chi connectivity index (χ1v) is 4.19. The molecular weight excluding hydrogens is 170 g/mol. The lowest BCUT2D eigenvalue weighted by Gasteiger charge is -2.13. The van der Waals surface area contributed by atoms with Gasteiger partial charge in [-0.25, -0.2) is 0 Å². The molecule has 0 amide bonds. The molecule has 1 heterocycles. The zero-order chi connectivity index (χ0) is 9.68. The monoisotopic (exact) mass is 183 g/mol. The Morgan fingerprint density at radius 3 is 3.15 bits per heavy atom. The van der Waals surface area contributed by atoms with Gasteiger partial charge in [0.15, 0.2) is 5.82 Å². The topological polar surface area (TPSA) is 58.4 Å². The highest BCUT2D eigenvalue weighted by Crippen LogP contribution is 2.06. The van der Waals surface area contributed by atoms with Crippen LogP contribution in [-0.4, -0.2) is 29.5 Å². The molecule has 0 bridgehead atoms. The van der Waals surface area contributed by atoms with Crippen LogP contribution in [-0.2, 0) is 0 Å². The lowest BCUT2D eigenvalue weighted by Crippen LogP contribution is -2.20. The summed E-state index contributed by atoms with van der Waals surface area (Å²) in [6.07, 6.45) is 4.92. The number of hydrogen-bond acceptors (Lipinski definition) is 4. The molecule has 5 nitrogen and oxygen atoms in total. The molecule has 72 valence electrons. The van der Waals surface area contributed by atoms with Gasteiger partial charge in [-0.15, -0.1) is 0 Å². The zero-order valence-electron chi connectivity index (χ0n) is 7.56. The normalized spacial score (nSPS) is 19.8. The van der Waals surface area contributed by atoms with Crippen LogP contribution in [0.3, 0.4) is 0 Å². The smallest absolute Gasteiger partial charge is 0.274 e. The molecule has 0 aromatic rings. The maximum Gasteiger partial charge on any atom is 0.274 e. The fourth-order valence-corrected chi connectivity index (χ4v) is 1.20. The van der Waals surface area contributed by atoms with Crippen molar-refractivity contribution < 1.29 is 4.92 Å². The highest BCUT2D eigenvalue weighted by molar-refractivity contribution is 5.02. The number of hydrogen-bond donors (Lipinski definition) is 1. The Bertz CT molecular complexity index is 248. The fourth-order valence-electron chi connectivity index (χ4n) is 1.20. The predicted octanol–water partition coefficient (Wildman–Crippen LogP) is 0.543. The summed E-state index contributed by atoms with van der Waals surface area (Å²) in [5.74, 6) is 0.600. The predicted molar refractivity (Wildman–Crippen MR) is 49.5 cm³/mol. The molecule has 0 aromatic heterocycles. The Labute approximate surface area is 76.9 Å². The van der Waals surface area contributed by atoms with E-state index >= 15 is 0 Å². The molecule has 0 atom stereocenters. The Hall–Kier alpha value is -1.52. The molecular formula is C8H13N3O2. The van der Waals surface area contributed by atoms with Crippen LogP contribution < -0.4 is 5.32 Å². The Kier molecular flexibility index (Phi) is 3.31. The minimum absolute atomic E-state index is 0.434. The summed E-state index contributed by atoms with van der Waals surface area (Å²) in [4.78, 5) is 11.7. The lowest BCUT2D eigenvalue weighted by atomic mass is 10.4.